The Morgan fingerprint density at radius 3 is 2.50 bits per heavy atom. The van der Waals surface area contributed by atoms with Crippen molar-refractivity contribution in [2.75, 3.05) is 12.3 Å². The number of hydrogen-bond acceptors (Lipinski definition) is 3. The molecule has 1 aliphatic rings. The quantitative estimate of drug-likeness (QED) is 0.736. The number of thioether (sulfide) groups is 1. The number of carboxylic acids is 1. The standard InChI is InChI=1S/C14H16BrNO3S/c15-10-1-3-11(4-2-10)20-8-5-12(17)16-9-14(6-7-14)13(18)19/h1-4H,5-9H2,(H,16,17)(H,18,19). The average molecular weight is 358 g/mol. The Balaban J connectivity index is 1.65. The second-order valence-corrected chi connectivity index (χ2v) is 7.00. The Kier molecular flexibility index (Phi) is 5.10. The van der Waals surface area contributed by atoms with Gasteiger partial charge in [-0.1, -0.05) is 15.9 Å². The van der Waals surface area contributed by atoms with Crippen molar-refractivity contribution < 1.29 is 14.7 Å². The largest absolute Gasteiger partial charge is 0.481 e. The van der Waals surface area contributed by atoms with Crippen LogP contribution in [0.1, 0.15) is 19.3 Å². The molecule has 0 saturated heterocycles. The Morgan fingerprint density at radius 1 is 1.30 bits per heavy atom. The van der Waals surface area contributed by atoms with Crippen molar-refractivity contribution in [2.24, 2.45) is 5.41 Å². The second-order valence-electron chi connectivity index (χ2n) is 4.91. The molecule has 0 spiro atoms. The van der Waals surface area contributed by atoms with Gasteiger partial charge in [-0.25, -0.2) is 0 Å². The zero-order chi connectivity index (χ0) is 14.6. The minimum absolute atomic E-state index is 0.0814. The summed E-state index contributed by atoms with van der Waals surface area (Å²) >= 11 is 4.99. The van der Waals surface area contributed by atoms with Crippen molar-refractivity contribution in [1.29, 1.82) is 0 Å². The summed E-state index contributed by atoms with van der Waals surface area (Å²) in [5, 5.41) is 11.7. The van der Waals surface area contributed by atoms with Gasteiger partial charge in [0.15, 0.2) is 0 Å². The zero-order valence-electron chi connectivity index (χ0n) is 10.9. The van der Waals surface area contributed by atoms with Crippen molar-refractivity contribution in [3.8, 4) is 0 Å². The summed E-state index contributed by atoms with van der Waals surface area (Å²) in [7, 11) is 0. The van der Waals surface area contributed by atoms with Gasteiger partial charge in [0.25, 0.3) is 0 Å². The topological polar surface area (TPSA) is 66.4 Å². The number of aliphatic carboxylic acids is 1. The normalized spacial score (nSPS) is 15.7. The fraction of sp³-hybridized carbons (Fsp3) is 0.429. The molecule has 0 aliphatic heterocycles. The molecule has 1 saturated carbocycles. The number of carboxylic acid groups (broad SMARTS) is 1. The maximum Gasteiger partial charge on any atom is 0.311 e. The van der Waals surface area contributed by atoms with Crippen molar-refractivity contribution >= 4 is 39.6 Å². The molecule has 0 heterocycles. The van der Waals surface area contributed by atoms with E-state index in [1.165, 1.54) is 0 Å². The van der Waals surface area contributed by atoms with Gasteiger partial charge in [0.05, 0.1) is 5.41 Å². The molecule has 1 aliphatic carbocycles. The lowest BCUT2D eigenvalue weighted by Crippen LogP contribution is -2.34. The molecule has 2 rings (SSSR count). The van der Waals surface area contributed by atoms with Crippen LogP contribution in [0.25, 0.3) is 0 Å². The van der Waals surface area contributed by atoms with Crippen LogP contribution >= 0.6 is 27.7 Å². The molecule has 0 aromatic heterocycles. The van der Waals surface area contributed by atoms with Gasteiger partial charge in [-0.15, -0.1) is 11.8 Å². The highest BCUT2D eigenvalue weighted by Crippen LogP contribution is 2.45. The number of carbonyl (C=O) groups is 2. The van der Waals surface area contributed by atoms with Gasteiger partial charge in [-0.2, -0.15) is 0 Å². The van der Waals surface area contributed by atoms with Crippen LogP contribution in [-0.2, 0) is 9.59 Å². The van der Waals surface area contributed by atoms with Gasteiger partial charge >= 0.3 is 5.97 Å². The first-order chi connectivity index (χ1) is 9.52. The summed E-state index contributed by atoms with van der Waals surface area (Å²) in [6.07, 6.45) is 1.73. The third-order valence-electron chi connectivity index (χ3n) is 3.34. The highest BCUT2D eigenvalue weighted by molar-refractivity contribution is 9.10. The van der Waals surface area contributed by atoms with Crippen LogP contribution in [0, 0.1) is 5.41 Å². The lowest BCUT2D eigenvalue weighted by Gasteiger charge is -2.10. The third kappa shape index (κ3) is 4.24. The second kappa shape index (κ2) is 6.63. The van der Waals surface area contributed by atoms with Crippen molar-refractivity contribution in [3.05, 3.63) is 28.7 Å². The molecule has 1 amide bonds. The average Bonchev–Trinajstić information content (AvgIpc) is 3.20. The lowest BCUT2D eigenvalue weighted by molar-refractivity contribution is -0.143. The number of rotatable bonds is 7. The summed E-state index contributed by atoms with van der Waals surface area (Å²) < 4.78 is 1.03. The molecule has 20 heavy (non-hydrogen) atoms. The Labute approximate surface area is 130 Å². The van der Waals surface area contributed by atoms with Crippen LogP contribution < -0.4 is 5.32 Å². The van der Waals surface area contributed by atoms with Gasteiger partial charge in [0, 0.05) is 28.1 Å². The maximum absolute atomic E-state index is 11.7. The summed E-state index contributed by atoms with van der Waals surface area (Å²) in [6, 6.07) is 7.92. The van der Waals surface area contributed by atoms with Crippen LogP contribution in [0.2, 0.25) is 0 Å². The fourth-order valence-corrected chi connectivity index (χ4v) is 2.88. The molecular formula is C14H16BrNO3S. The minimum Gasteiger partial charge on any atom is -0.481 e. The highest BCUT2D eigenvalue weighted by atomic mass is 79.9. The molecule has 0 radical (unpaired) electrons. The lowest BCUT2D eigenvalue weighted by atomic mass is 10.1. The first-order valence-electron chi connectivity index (χ1n) is 6.40. The molecule has 4 nitrogen and oxygen atoms in total. The first kappa shape index (κ1) is 15.4. The molecule has 6 heteroatoms. The van der Waals surface area contributed by atoms with E-state index in [1.807, 2.05) is 24.3 Å². The monoisotopic (exact) mass is 357 g/mol. The molecule has 0 bridgehead atoms. The van der Waals surface area contributed by atoms with Crippen LogP contribution in [0.4, 0.5) is 0 Å². The van der Waals surface area contributed by atoms with E-state index in [0.717, 1.165) is 9.37 Å². The number of carbonyl (C=O) groups excluding carboxylic acids is 1. The molecular weight excluding hydrogens is 342 g/mol. The van der Waals surface area contributed by atoms with Crippen LogP contribution in [0.15, 0.2) is 33.6 Å². The summed E-state index contributed by atoms with van der Waals surface area (Å²) in [5.41, 5.74) is -0.686. The molecule has 1 aromatic rings. The van der Waals surface area contributed by atoms with E-state index in [2.05, 4.69) is 21.2 Å². The van der Waals surface area contributed by atoms with Crippen LogP contribution in [0.5, 0.6) is 0 Å². The molecule has 1 aromatic carbocycles. The minimum atomic E-state index is -0.804. The predicted octanol–water partition coefficient (Wildman–Crippen LogP) is 2.91. The molecule has 1 fully saturated rings. The fourth-order valence-electron chi connectivity index (χ4n) is 1.77. The van der Waals surface area contributed by atoms with Crippen LogP contribution in [0.3, 0.4) is 0 Å². The van der Waals surface area contributed by atoms with E-state index >= 15 is 0 Å². The van der Waals surface area contributed by atoms with E-state index in [0.29, 0.717) is 25.0 Å². The zero-order valence-corrected chi connectivity index (χ0v) is 13.3. The Morgan fingerprint density at radius 2 is 1.95 bits per heavy atom. The maximum atomic E-state index is 11.7. The van der Waals surface area contributed by atoms with Gasteiger partial charge < -0.3 is 10.4 Å². The van der Waals surface area contributed by atoms with Gasteiger partial charge in [0.1, 0.15) is 0 Å². The number of hydrogen-bond donors (Lipinski definition) is 2. The number of amides is 1. The van der Waals surface area contributed by atoms with Gasteiger partial charge in [-0.05, 0) is 37.1 Å². The number of nitrogens with one attached hydrogen (secondary N) is 1. The molecule has 0 unspecified atom stereocenters. The predicted molar refractivity (Wildman–Crippen MR) is 81.8 cm³/mol. The van der Waals surface area contributed by atoms with E-state index in [4.69, 9.17) is 5.11 Å². The molecule has 0 atom stereocenters. The van der Waals surface area contributed by atoms with E-state index < -0.39 is 11.4 Å². The third-order valence-corrected chi connectivity index (χ3v) is 4.89. The summed E-state index contributed by atoms with van der Waals surface area (Å²) in [4.78, 5) is 23.7. The van der Waals surface area contributed by atoms with Gasteiger partial charge in [0.2, 0.25) is 5.91 Å². The van der Waals surface area contributed by atoms with Crippen molar-refractivity contribution in [1.82, 2.24) is 5.32 Å². The number of benzene rings is 1. The van der Waals surface area contributed by atoms with Crippen molar-refractivity contribution in [3.63, 3.8) is 0 Å². The SMILES string of the molecule is O=C(CCSc1ccc(Br)cc1)NCC1(C(=O)O)CC1. The highest BCUT2D eigenvalue weighted by Gasteiger charge is 2.50. The number of halogens is 1. The van der Waals surface area contributed by atoms with E-state index in [9.17, 15) is 9.59 Å². The summed E-state index contributed by atoms with van der Waals surface area (Å²) in [5.74, 6) is -0.197. The van der Waals surface area contributed by atoms with E-state index in [1.54, 1.807) is 11.8 Å². The smallest absolute Gasteiger partial charge is 0.311 e. The first-order valence-corrected chi connectivity index (χ1v) is 8.18. The summed E-state index contributed by atoms with van der Waals surface area (Å²) in [6.45, 7) is 0.254. The van der Waals surface area contributed by atoms with Crippen molar-refractivity contribution in [2.45, 2.75) is 24.2 Å². The Bertz CT molecular complexity index is 500. The molecule has 2 N–H and O–H groups in total. The van der Waals surface area contributed by atoms with Gasteiger partial charge in [-0.3, -0.25) is 9.59 Å². The van der Waals surface area contributed by atoms with E-state index in [-0.39, 0.29) is 12.5 Å². The Hall–Kier alpha value is -1.01. The van der Waals surface area contributed by atoms with Crippen LogP contribution in [-0.4, -0.2) is 29.3 Å². The molecule has 108 valence electrons.